The zero-order valence-corrected chi connectivity index (χ0v) is 17.9. The Labute approximate surface area is 180 Å². The van der Waals surface area contributed by atoms with Crippen LogP contribution in [-0.2, 0) is 20.9 Å². The summed E-state index contributed by atoms with van der Waals surface area (Å²) < 4.78 is 5.26. The number of esters is 1. The summed E-state index contributed by atoms with van der Waals surface area (Å²) in [6.45, 7) is 1.25. The lowest BCUT2D eigenvalue weighted by molar-refractivity contribution is -0.384. The first-order valence-electron chi connectivity index (χ1n) is 8.73. The van der Waals surface area contributed by atoms with E-state index < -0.39 is 22.8 Å². The highest BCUT2D eigenvalue weighted by Gasteiger charge is 2.24. The molecule has 0 fully saturated rings. The van der Waals surface area contributed by atoms with Crippen molar-refractivity contribution in [1.82, 2.24) is 10.3 Å². The van der Waals surface area contributed by atoms with Crippen LogP contribution in [0.25, 0.3) is 0 Å². The molecule has 0 aliphatic carbocycles. The summed E-state index contributed by atoms with van der Waals surface area (Å²) in [6, 6.07) is 4.33. The number of thioether (sulfide) groups is 1. The van der Waals surface area contributed by atoms with Gasteiger partial charge in [-0.25, -0.2) is 9.78 Å². The van der Waals surface area contributed by atoms with Crippen molar-refractivity contribution in [3.05, 3.63) is 51.0 Å². The molecule has 1 aromatic carbocycles. The molecule has 2 N–H and O–H groups in total. The Balaban J connectivity index is 2.01. The fraction of sp³-hybridized carbons (Fsp3) is 0.333. The highest BCUT2D eigenvalue weighted by Crippen LogP contribution is 2.17. The number of hydrogen-bond acceptors (Lipinski definition) is 9. The predicted octanol–water partition coefficient (Wildman–Crippen LogP) is 2.60. The lowest BCUT2D eigenvalue weighted by Gasteiger charge is -2.17. The van der Waals surface area contributed by atoms with Crippen LogP contribution < -0.4 is 10.6 Å². The van der Waals surface area contributed by atoms with Crippen molar-refractivity contribution in [2.75, 3.05) is 17.3 Å². The standard InChI is InChI=1S/C18H20N4O6S2/c1-11(23)19-18-20-13(10-30-18)9-28-17(25)15(6-7-29-2)21-16(24)12-4-3-5-14(8-12)22(26)27/h3-5,8,10,15H,6-7,9H2,1-2H3,(H,21,24)(H,19,20,23). The van der Waals surface area contributed by atoms with E-state index in [2.05, 4.69) is 15.6 Å². The van der Waals surface area contributed by atoms with Gasteiger partial charge in [-0.15, -0.1) is 11.3 Å². The van der Waals surface area contributed by atoms with E-state index in [9.17, 15) is 24.5 Å². The number of carbonyl (C=O) groups excluding carboxylic acids is 3. The molecule has 30 heavy (non-hydrogen) atoms. The minimum atomic E-state index is -0.919. The third-order valence-electron chi connectivity index (χ3n) is 3.72. The summed E-state index contributed by atoms with van der Waals surface area (Å²) >= 11 is 2.70. The molecule has 0 aliphatic rings. The fourth-order valence-corrected chi connectivity index (χ4v) is 3.53. The topological polar surface area (TPSA) is 141 Å². The molecule has 1 unspecified atom stereocenters. The summed E-state index contributed by atoms with van der Waals surface area (Å²) in [5, 5.41) is 18.1. The van der Waals surface area contributed by atoms with Gasteiger partial charge in [0.2, 0.25) is 5.91 Å². The summed E-state index contributed by atoms with van der Waals surface area (Å²) in [5.74, 6) is -0.910. The van der Waals surface area contributed by atoms with Gasteiger partial charge in [-0.2, -0.15) is 11.8 Å². The average molecular weight is 453 g/mol. The van der Waals surface area contributed by atoms with Gasteiger partial charge in [0, 0.05) is 30.0 Å². The van der Waals surface area contributed by atoms with E-state index in [4.69, 9.17) is 4.74 Å². The van der Waals surface area contributed by atoms with Gasteiger partial charge < -0.3 is 15.4 Å². The van der Waals surface area contributed by atoms with Gasteiger partial charge in [-0.05, 0) is 24.5 Å². The Morgan fingerprint density at radius 3 is 2.80 bits per heavy atom. The maximum atomic E-state index is 12.5. The molecule has 10 nitrogen and oxygen atoms in total. The normalized spacial score (nSPS) is 11.4. The van der Waals surface area contributed by atoms with Crippen LogP contribution in [0.15, 0.2) is 29.6 Å². The second-order valence-corrected chi connectivity index (χ2v) is 7.89. The summed E-state index contributed by atoms with van der Waals surface area (Å²) in [6.07, 6.45) is 2.19. The lowest BCUT2D eigenvalue weighted by atomic mass is 10.1. The molecule has 1 aromatic heterocycles. The Bertz CT molecular complexity index is 933. The van der Waals surface area contributed by atoms with Gasteiger partial charge in [0.1, 0.15) is 12.6 Å². The van der Waals surface area contributed by atoms with E-state index in [1.165, 1.54) is 48.2 Å². The number of nitrogens with zero attached hydrogens (tertiary/aromatic N) is 2. The van der Waals surface area contributed by atoms with E-state index >= 15 is 0 Å². The molecule has 2 amide bonds. The first-order chi connectivity index (χ1) is 14.3. The second-order valence-electron chi connectivity index (χ2n) is 6.05. The number of anilines is 1. The molecule has 2 rings (SSSR count). The Kier molecular flexibility index (Phi) is 8.74. The minimum absolute atomic E-state index is 0.0746. The van der Waals surface area contributed by atoms with E-state index in [1.807, 2.05) is 6.26 Å². The van der Waals surface area contributed by atoms with Crippen molar-refractivity contribution in [2.24, 2.45) is 0 Å². The van der Waals surface area contributed by atoms with Crippen molar-refractivity contribution in [1.29, 1.82) is 0 Å². The van der Waals surface area contributed by atoms with E-state index in [0.29, 0.717) is 23.0 Å². The van der Waals surface area contributed by atoms with Gasteiger partial charge in [0.25, 0.3) is 11.6 Å². The number of non-ortho nitro benzene ring substituents is 1. The van der Waals surface area contributed by atoms with Crippen molar-refractivity contribution < 1.29 is 24.0 Å². The summed E-state index contributed by atoms with van der Waals surface area (Å²) in [7, 11) is 0. The number of rotatable bonds is 10. The largest absolute Gasteiger partial charge is 0.458 e. The number of hydrogen-bond donors (Lipinski definition) is 2. The Hall–Kier alpha value is -2.99. The molecule has 0 bridgehead atoms. The molecular formula is C18H20N4O6S2. The third kappa shape index (κ3) is 7.12. The van der Waals surface area contributed by atoms with Crippen LogP contribution in [0, 0.1) is 10.1 Å². The van der Waals surface area contributed by atoms with Crippen LogP contribution in [-0.4, -0.2) is 45.7 Å². The zero-order valence-electron chi connectivity index (χ0n) is 16.2. The summed E-state index contributed by atoms with van der Waals surface area (Å²) in [5.41, 5.74) is 0.320. The van der Waals surface area contributed by atoms with Gasteiger partial charge >= 0.3 is 5.97 Å². The third-order valence-corrected chi connectivity index (χ3v) is 5.17. The van der Waals surface area contributed by atoms with Crippen LogP contribution >= 0.6 is 23.1 Å². The van der Waals surface area contributed by atoms with Crippen molar-refractivity contribution in [3.63, 3.8) is 0 Å². The molecule has 12 heteroatoms. The molecule has 0 radical (unpaired) electrons. The molecule has 0 spiro atoms. The second kappa shape index (κ2) is 11.3. The van der Waals surface area contributed by atoms with Gasteiger partial charge in [-0.1, -0.05) is 6.07 Å². The SMILES string of the molecule is CSCCC(NC(=O)c1cccc([N+](=O)[O-])c1)C(=O)OCc1csc(NC(C)=O)n1. The number of aromatic nitrogens is 1. The number of benzene rings is 1. The molecule has 0 saturated carbocycles. The quantitative estimate of drug-likeness (QED) is 0.318. The molecular weight excluding hydrogens is 432 g/mol. The smallest absolute Gasteiger partial charge is 0.329 e. The number of amides is 2. The van der Waals surface area contributed by atoms with E-state index in [1.54, 1.807) is 5.38 Å². The van der Waals surface area contributed by atoms with Crippen LogP contribution in [0.5, 0.6) is 0 Å². The number of nitro groups is 1. The average Bonchev–Trinajstić information content (AvgIpc) is 3.15. The van der Waals surface area contributed by atoms with Crippen LogP contribution in [0.3, 0.4) is 0 Å². The highest BCUT2D eigenvalue weighted by atomic mass is 32.2. The van der Waals surface area contributed by atoms with Crippen molar-refractivity contribution in [2.45, 2.75) is 26.0 Å². The summed E-state index contributed by atoms with van der Waals surface area (Å²) in [4.78, 5) is 50.5. The molecule has 160 valence electrons. The van der Waals surface area contributed by atoms with Crippen molar-refractivity contribution >= 4 is 51.7 Å². The molecule has 0 aliphatic heterocycles. The van der Waals surface area contributed by atoms with Gasteiger partial charge in [0.15, 0.2) is 5.13 Å². The Morgan fingerprint density at radius 2 is 2.13 bits per heavy atom. The Morgan fingerprint density at radius 1 is 1.37 bits per heavy atom. The minimum Gasteiger partial charge on any atom is -0.458 e. The molecule has 1 atom stereocenters. The number of ether oxygens (including phenoxy) is 1. The maximum absolute atomic E-state index is 12.5. The van der Waals surface area contributed by atoms with Gasteiger partial charge in [0.05, 0.1) is 10.6 Å². The van der Waals surface area contributed by atoms with Gasteiger partial charge in [-0.3, -0.25) is 19.7 Å². The fourth-order valence-electron chi connectivity index (χ4n) is 2.31. The van der Waals surface area contributed by atoms with E-state index in [0.717, 1.165) is 6.07 Å². The number of carbonyl (C=O) groups is 3. The number of nitrogens with one attached hydrogen (secondary N) is 2. The van der Waals surface area contributed by atoms with Crippen LogP contribution in [0.2, 0.25) is 0 Å². The highest BCUT2D eigenvalue weighted by molar-refractivity contribution is 7.98. The monoisotopic (exact) mass is 452 g/mol. The van der Waals surface area contributed by atoms with Crippen LogP contribution in [0.4, 0.5) is 10.8 Å². The first-order valence-corrected chi connectivity index (χ1v) is 11.0. The molecule has 2 aromatic rings. The number of thiazole rings is 1. The van der Waals surface area contributed by atoms with E-state index in [-0.39, 0.29) is 23.8 Å². The van der Waals surface area contributed by atoms with Crippen molar-refractivity contribution in [3.8, 4) is 0 Å². The first kappa shape index (κ1) is 23.3. The molecule has 0 saturated heterocycles. The molecule has 1 heterocycles. The maximum Gasteiger partial charge on any atom is 0.329 e. The zero-order chi connectivity index (χ0) is 22.1. The predicted molar refractivity (Wildman–Crippen MR) is 114 cm³/mol. The number of nitro benzene ring substituents is 1. The van der Waals surface area contributed by atoms with Crippen LogP contribution in [0.1, 0.15) is 29.4 Å². The lowest BCUT2D eigenvalue weighted by Crippen LogP contribution is -2.42.